The monoisotopic (exact) mass is 165 g/mol. The molecule has 1 aliphatic heterocycles. The minimum Gasteiger partial charge on any atom is -0.382 e. The van der Waals surface area contributed by atoms with Crippen LogP contribution in [0.15, 0.2) is 11.3 Å². The van der Waals surface area contributed by atoms with Gasteiger partial charge in [-0.1, -0.05) is 0 Å². The van der Waals surface area contributed by atoms with Crippen LogP contribution in [0.4, 0.5) is 0 Å². The fourth-order valence-electron chi connectivity index (χ4n) is 2.06. The molecule has 0 saturated heterocycles. The van der Waals surface area contributed by atoms with Gasteiger partial charge in [-0.05, 0) is 37.7 Å². The number of carbonyl (C=O) groups is 1. The van der Waals surface area contributed by atoms with Crippen molar-refractivity contribution in [2.24, 2.45) is 0 Å². The van der Waals surface area contributed by atoms with Gasteiger partial charge in [0.25, 0.3) is 0 Å². The zero-order valence-electron chi connectivity index (χ0n) is 7.36. The predicted molar refractivity (Wildman–Crippen MR) is 47.7 cm³/mol. The molecule has 1 aliphatic carbocycles. The zero-order valence-corrected chi connectivity index (χ0v) is 7.36. The highest BCUT2D eigenvalue weighted by molar-refractivity contribution is 5.96. The second kappa shape index (κ2) is 3.30. The Hall–Kier alpha value is -0.790. The summed E-state index contributed by atoms with van der Waals surface area (Å²) in [5, 5.41) is 3.26. The molecule has 66 valence electrons. The Morgan fingerprint density at radius 3 is 2.75 bits per heavy atom. The number of rotatable bonds is 0. The third-order valence-corrected chi connectivity index (χ3v) is 2.72. The molecule has 0 radical (unpaired) electrons. The van der Waals surface area contributed by atoms with E-state index in [1.165, 1.54) is 18.4 Å². The zero-order chi connectivity index (χ0) is 8.39. The van der Waals surface area contributed by atoms with E-state index in [0.717, 1.165) is 37.9 Å². The lowest BCUT2D eigenvalue weighted by Gasteiger charge is -2.17. The average molecular weight is 165 g/mol. The van der Waals surface area contributed by atoms with Crippen LogP contribution in [0.5, 0.6) is 0 Å². The van der Waals surface area contributed by atoms with Gasteiger partial charge in [-0.2, -0.15) is 0 Å². The highest BCUT2D eigenvalue weighted by Gasteiger charge is 2.21. The summed E-state index contributed by atoms with van der Waals surface area (Å²) in [7, 11) is 0. The molecule has 2 heteroatoms. The predicted octanol–water partition coefficient (Wildman–Crippen LogP) is 1.77. The fourth-order valence-corrected chi connectivity index (χ4v) is 2.06. The molecule has 0 aromatic heterocycles. The first kappa shape index (κ1) is 7.84. The summed E-state index contributed by atoms with van der Waals surface area (Å²) in [5.41, 5.74) is 2.36. The summed E-state index contributed by atoms with van der Waals surface area (Å²) in [6.45, 7) is 0.991. The van der Waals surface area contributed by atoms with Crippen LogP contribution in [-0.2, 0) is 4.79 Å². The van der Waals surface area contributed by atoms with Crippen LogP contribution < -0.4 is 5.32 Å². The molecule has 0 atom stereocenters. The van der Waals surface area contributed by atoms with E-state index in [2.05, 4.69) is 5.32 Å². The van der Waals surface area contributed by atoms with Crippen LogP contribution in [0.3, 0.4) is 0 Å². The van der Waals surface area contributed by atoms with Gasteiger partial charge >= 0.3 is 0 Å². The van der Waals surface area contributed by atoms with E-state index >= 15 is 0 Å². The Balaban J connectivity index is 2.23. The van der Waals surface area contributed by atoms with E-state index in [9.17, 15) is 4.79 Å². The second-order valence-corrected chi connectivity index (χ2v) is 3.64. The van der Waals surface area contributed by atoms with Crippen molar-refractivity contribution in [1.82, 2.24) is 5.32 Å². The Morgan fingerprint density at radius 1 is 1.00 bits per heavy atom. The molecule has 2 nitrogen and oxygen atoms in total. The quantitative estimate of drug-likeness (QED) is 0.592. The van der Waals surface area contributed by atoms with Crippen LogP contribution in [0, 0.1) is 0 Å². The maximum atomic E-state index is 11.5. The Kier molecular flexibility index (Phi) is 2.15. The first-order valence-electron chi connectivity index (χ1n) is 4.87. The molecule has 0 unspecified atom stereocenters. The van der Waals surface area contributed by atoms with Crippen molar-refractivity contribution in [3.63, 3.8) is 0 Å². The number of hydrogen-bond donors (Lipinski definition) is 1. The van der Waals surface area contributed by atoms with Gasteiger partial charge < -0.3 is 5.32 Å². The third kappa shape index (κ3) is 1.38. The highest BCUT2D eigenvalue weighted by atomic mass is 16.1. The summed E-state index contributed by atoms with van der Waals surface area (Å²) < 4.78 is 0. The number of allylic oxidation sites excluding steroid dienone is 2. The summed E-state index contributed by atoms with van der Waals surface area (Å²) in [6.07, 6.45) is 6.58. The van der Waals surface area contributed by atoms with Gasteiger partial charge in [0.15, 0.2) is 5.78 Å². The first-order valence-corrected chi connectivity index (χ1v) is 4.87. The minimum absolute atomic E-state index is 0.346. The topological polar surface area (TPSA) is 29.1 Å². The van der Waals surface area contributed by atoms with E-state index in [0.29, 0.717) is 5.78 Å². The minimum atomic E-state index is 0.346. The molecule has 2 rings (SSSR count). The van der Waals surface area contributed by atoms with Gasteiger partial charge in [-0.15, -0.1) is 0 Å². The molecule has 1 N–H and O–H groups in total. The van der Waals surface area contributed by atoms with E-state index in [1.54, 1.807) is 0 Å². The molecule has 2 aliphatic rings. The van der Waals surface area contributed by atoms with Gasteiger partial charge in [0.2, 0.25) is 0 Å². The molecule has 0 aromatic rings. The molecule has 0 amide bonds. The van der Waals surface area contributed by atoms with Gasteiger partial charge in [0.1, 0.15) is 0 Å². The average Bonchev–Trinajstić information content (AvgIpc) is 2.30. The number of Topliss-reactive ketones (excluding diaryl/α,β-unsaturated/α-hetero) is 1. The van der Waals surface area contributed by atoms with Crippen molar-refractivity contribution in [1.29, 1.82) is 0 Å². The SMILES string of the molecule is O=C1CCCC2=C1NCCCC2. The second-order valence-electron chi connectivity index (χ2n) is 3.64. The molecule has 0 spiro atoms. The molecule has 0 fully saturated rings. The normalized spacial score (nSPS) is 24.5. The number of nitrogens with one attached hydrogen (secondary N) is 1. The van der Waals surface area contributed by atoms with Crippen molar-refractivity contribution >= 4 is 5.78 Å². The standard InChI is InChI=1S/C10H15NO/c12-9-6-3-5-8-4-1-2-7-11-10(8)9/h11H,1-7H2. The summed E-state index contributed by atoms with van der Waals surface area (Å²) in [6, 6.07) is 0. The van der Waals surface area contributed by atoms with Crippen molar-refractivity contribution in [2.75, 3.05) is 6.54 Å². The lowest BCUT2D eigenvalue weighted by atomic mass is 9.93. The Labute approximate surface area is 73.0 Å². The lowest BCUT2D eigenvalue weighted by molar-refractivity contribution is -0.116. The molecular formula is C10H15NO. The largest absolute Gasteiger partial charge is 0.382 e. The van der Waals surface area contributed by atoms with Crippen LogP contribution >= 0.6 is 0 Å². The Morgan fingerprint density at radius 2 is 1.83 bits per heavy atom. The van der Waals surface area contributed by atoms with E-state index < -0.39 is 0 Å². The fraction of sp³-hybridized carbons (Fsp3) is 0.700. The van der Waals surface area contributed by atoms with Gasteiger partial charge in [-0.3, -0.25) is 4.79 Å². The molecule has 12 heavy (non-hydrogen) atoms. The van der Waals surface area contributed by atoms with E-state index in [4.69, 9.17) is 0 Å². The van der Waals surface area contributed by atoms with Crippen molar-refractivity contribution < 1.29 is 4.79 Å². The van der Waals surface area contributed by atoms with E-state index in [-0.39, 0.29) is 0 Å². The molecule has 0 aromatic carbocycles. The first-order chi connectivity index (χ1) is 5.88. The summed E-state index contributed by atoms with van der Waals surface area (Å²) in [4.78, 5) is 11.5. The van der Waals surface area contributed by atoms with Crippen LogP contribution in [0.2, 0.25) is 0 Å². The van der Waals surface area contributed by atoms with Crippen LogP contribution in [0.1, 0.15) is 38.5 Å². The van der Waals surface area contributed by atoms with Crippen molar-refractivity contribution in [3.8, 4) is 0 Å². The van der Waals surface area contributed by atoms with E-state index in [1.807, 2.05) is 0 Å². The number of carbonyl (C=O) groups excluding carboxylic acids is 1. The maximum absolute atomic E-state index is 11.5. The summed E-state index contributed by atoms with van der Waals surface area (Å²) in [5.74, 6) is 0.346. The molecule has 1 heterocycles. The number of hydrogen-bond acceptors (Lipinski definition) is 2. The van der Waals surface area contributed by atoms with Crippen molar-refractivity contribution in [2.45, 2.75) is 38.5 Å². The Bertz CT molecular complexity index is 230. The lowest BCUT2D eigenvalue weighted by Crippen LogP contribution is -2.24. The molecular weight excluding hydrogens is 150 g/mol. The molecule has 0 bridgehead atoms. The van der Waals surface area contributed by atoms with Crippen LogP contribution in [0.25, 0.3) is 0 Å². The highest BCUT2D eigenvalue weighted by Crippen LogP contribution is 2.26. The van der Waals surface area contributed by atoms with Crippen molar-refractivity contribution in [3.05, 3.63) is 11.3 Å². The third-order valence-electron chi connectivity index (χ3n) is 2.72. The molecule has 0 saturated carbocycles. The van der Waals surface area contributed by atoms with Gasteiger partial charge in [0, 0.05) is 13.0 Å². The maximum Gasteiger partial charge on any atom is 0.178 e. The number of ketones is 1. The smallest absolute Gasteiger partial charge is 0.178 e. The van der Waals surface area contributed by atoms with Gasteiger partial charge in [0.05, 0.1) is 5.70 Å². The summed E-state index contributed by atoms with van der Waals surface area (Å²) >= 11 is 0. The van der Waals surface area contributed by atoms with Gasteiger partial charge in [-0.25, -0.2) is 0 Å². The van der Waals surface area contributed by atoms with Crippen LogP contribution in [-0.4, -0.2) is 12.3 Å².